The molecular formula is C24H26F3N5O2S. The zero-order valence-corrected chi connectivity index (χ0v) is 20.3. The van der Waals surface area contributed by atoms with Crippen molar-refractivity contribution in [3.63, 3.8) is 0 Å². The van der Waals surface area contributed by atoms with Crippen molar-refractivity contribution in [3.8, 4) is 0 Å². The monoisotopic (exact) mass is 505 g/mol. The van der Waals surface area contributed by atoms with Crippen LogP contribution in [0.1, 0.15) is 43.6 Å². The number of nitrogens with one attached hydrogen (secondary N) is 2. The van der Waals surface area contributed by atoms with Crippen LogP contribution in [0.5, 0.6) is 0 Å². The molecule has 186 valence electrons. The van der Waals surface area contributed by atoms with Gasteiger partial charge >= 0.3 is 6.18 Å². The van der Waals surface area contributed by atoms with Gasteiger partial charge in [-0.3, -0.25) is 9.59 Å². The lowest BCUT2D eigenvalue weighted by Gasteiger charge is -2.11. The standard InChI is InChI=1S/C24H26F3N5O2S/c1-4-32-20(13-21(33)29-19-7-5-6-17(12-19)24(25,26)27)30-31-23(32)35-14-22(34)28-18-10-8-16(9-11-18)15(2)3/h5-12,15H,4,13-14H2,1-3H3,(H,28,34)(H,29,33). The van der Waals surface area contributed by atoms with E-state index in [4.69, 9.17) is 0 Å². The second kappa shape index (κ2) is 11.4. The zero-order chi connectivity index (χ0) is 25.6. The van der Waals surface area contributed by atoms with Crippen LogP contribution >= 0.6 is 11.8 Å². The fourth-order valence-electron chi connectivity index (χ4n) is 3.27. The number of aromatic nitrogens is 3. The number of carbonyl (C=O) groups is 2. The number of nitrogens with zero attached hydrogens (tertiary/aromatic N) is 3. The van der Waals surface area contributed by atoms with E-state index in [0.717, 1.165) is 12.1 Å². The molecule has 35 heavy (non-hydrogen) atoms. The molecule has 0 radical (unpaired) electrons. The van der Waals surface area contributed by atoms with Gasteiger partial charge in [-0.15, -0.1) is 10.2 Å². The Labute approximate surface area is 205 Å². The molecule has 0 fully saturated rings. The Balaban J connectivity index is 1.57. The van der Waals surface area contributed by atoms with Crippen molar-refractivity contribution in [2.24, 2.45) is 0 Å². The SMILES string of the molecule is CCn1c(CC(=O)Nc2cccc(C(F)(F)F)c2)nnc1SCC(=O)Nc1ccc(C(C)C)cc1. The first-order valence-corrected chi connectivity index (χ1v) is 12.0. The third-order valence-electron chi connectivity index (χ3n) is 5.10. The molecule has 0 atom stereocenters. The number of hydrogen-bond acceptors (Lipinski definition) is 5. The highest BCUT2D eigenvalue weighted by atomic mass is 32.2. The highest BCUT2D eigenvalue weighted by Gasteiger charge is 2.30. The molecule has 11 heteroatoms. The van der Waals surface area contributed by atoms with Crippen LogP contribution in [0.15, 0.2) is 53.7 Å². The summed E-state index contributed by atoms with van der Waals surface area (Å²) in [6, 6.07) is 12.1. The molecular weight excluding hydrogens is 479 g/mol. The second-order valence-corrected chi connectivity index (χ2v) is 9.00. The van der Waals surface area contributed by atoms with Crippen LogP contribution in [0.4, 0.5) is 24.5 Å². The van der Waals surface area contributed by atoms with Gasteiger partial charge in [-0.05, 0) is 48.7 Å². The predicted octanol–water partition coefficient (Wildman–Crippen LogP) is 5.35. The van der Waals surface area contributed by atoms with E-state index < -0.39 is 17.6 Å². The number of amides is 2. The molecule has 2 N–H and O–H groups in total. The van der Waals surface area contributed by atoms with Crippen LogP contribution in [0.2, 0.25) is 0 Å². The summed E-state index contributed by atoms with van der Waals surface area (Å²) < 4.78 is 40.4. The van der Waals surface area contributed by atoms with Crippen molar-refractivity contribution in [1.29, 1.82) is 0 Å². The Morgan fingerprint density at radius 1 is 1.00 bits per heavy atom. The minimum atomic E-state index is -4.50. The Kier molecular flexibility index (Phi) is 8.55. The fraction of sp³-hybridized carbons (Fsp3) is 0.333. The number of hydrogen-bond donors (Lipinski definition) is 2. The maximum absolute atomic E-state index is 12.9. The number of halogens is 3. The third kappa shape index (κ3) is 7.32. The molecule has 0 spiro atoms. The maximum atomic E-state index is 12.9. The molecule has 3 rings (SSSR count). The summed E-state index contributed by atoms with van der Waals surface area (Å²) in [7, 11) is 0. The van der Waals surface area contributed by atoms with Gasteiger partial charge in [0.2, 0.25) is 11.8 Å². The highest BCUT2D eigenvalue weighted by Crippen LogP contribution is 2.30. The summed E-state index contributed by atoms with van der Waals surface area (Å²) in [5, 5.41) is 13.9. The summed E-state index contributed by atoms with van der Waals surface area (Å²) in [5.41, 5.74) is 1.07. The van der Waals surface area contributed by atoms with Crippen LogP contribution in [-0.4, -0.2) is 32.3 Å². The first-order chi connectivity index (χ1) is 16.6. The Bertz CT molecular complexity index is 1180. The lowest BCUT2D eigenvalue weighted by Crippen LogP contribution is -2.18. The summed E-state index contributed by atoms with van der Waals surface area (Å²) >= 11 is 1.18. The van der Waals surface area contributed by atoms with Crippen molar-refractivity contribution in [1.82, 2.24) is 14.8 Å². The normalized spacial score (nSPS) is 11.5. The third-order valence-corrected chi connectivity index (χ3v) is 6.06. The fourth-order valence-corrected chi connectivity index (χ4v) is 4.10. The van der Waals surface area contributed by atoms with Gasteiger partial charge in [0, 0.05) is 17.9 Å². The van der Waals surface area contributed by atoms with Crippen molar-refractivity contribution < 1.29 is 22.8 Å². The van der Waals surface area contributed by atoms with Gasteiger partial charge in [-0.1, -0.05) is 43.8 Å². The van der Waals surface area contributed by atoms with E-state index in [0.29, 0.717) is 29.1 Å². The van der Waals surface area contributed by atoms with Crippen LogP contribution in [0, 0.1) is 0 Å². The van der Waals surface area contributed by atoms with Crippen LogP contribution in [0.25, 0.3) is 0 Å². The number of anilines is 2. The van der Waals surface area contributed by atoms with Crippen LogP contribution in [0.3, 0.4) is 0 Å². The molecule has 0 saturated carbocycles. The van der Waals surface area contributed by atoms with Gasteiger partial charge in [0.1, 0.15) is 5.82 Å². The van der Waals surface area contributed by atoms with E-state index in [9.17, 15) is 22.8 Å². The van der Waals surface area contributed by atoms with E-state index in [1.165, 1.54) is 29.5 Å². The molecule has 2 amide bonds. The number of thioether (sulfide) groups is 1. The Morgan fingerprint density at radius 3 is 2.31 bits per heavy atom. The molecule has 7 nitrogen and oxygen atoms in total. The summed E-state index contributed by atoms with van der Waals surface area (Å²) in [5.74, 6) is 0.120. The maximum Gasteiger partial charge on any atom is 0.416 e. The molecule has 2 aromatic carbocycles. The van der Waals surface area contributed by atoms with E-state index in [1.54, 1.807) is 4.57 Å². The van der Waals surface area contributed by atoms with Crippen LogP contribution < -0.4 is 10.6 Å². The van der Waals surface area contributed by atoms with Crippen molar-refractivity contribution in [2.75, 3.05) is 16.4 Å². The summed E-state index contributed by atoms with van der Waals surface area (Å²) in [4.78, 5) is 24.8. The first-order valence-electron chi connectivity index (χ1n) is 11.0. The molecule has 0 aliphatic carbocycles. The molecule has 0 bridgehead atoms. The lowest BCUT2D eigenvalue weighted by molar-refractivity contribution is -0.137. The van der Waals surface area contributed by atoms with Gasteiger partial charge in [0.15, 0.2) is 5.16 Å². The number of rotatable bonds is 9. The molecule has 0 unspecified atom stereocenters. The van der Waals surface area contributed by atoms with Gasteiger partial charge in [-0.2, -0.15) is 13.2 Å². The van der Waals surface area contributed by atoms with Crippen molar-refractivity contribution in [2.45, 2.75) is 51.0 Å². The van der Waals surface area contributed by atoms with E-state index in [-0.39, 0.29) is 23.8 Å². The molecule has 1 heterocycles. The first kappa shape index (κ1) is 26.3. The smallest absolute Gasteiger partial charge is 0.326 e. The van der Waals surface area contributed by atoms with E-state index in [1.807, 2.05) is 31.2 Å². The molecule has 1 aromatic heterocycles. The topological polar surface area (TPSA) is 88.9 Å². The quantitative estimate of drug-likeness (QED) is 0.383. The van der Waals surface area contributed by atoms with E-state index >= 15 is 0 Å². The molecule has 0 saturated heterocycles. The molecule has 0 aliphatic heterocycles. The second-order valence-electron chi connectivity index (χ2n) is 8.06. The average molecular weight is 506 g/mol. The van der Waals surface area contributed by atoms with Gasteiger partial charge in [0.05, 0.1) is 17.7 Å². The van der Waals surface area contributed by atoms with Crippen LogP contribution in [-0.2, 0) is 28.7 Å². The minimum Gasteiger partial charge on any atom is -0.326 e. The van der Waals surface area contributed by atoms with Crippen molar-refractivity contribution in [3.05, 3.63) is 65.5 Å². The zero-order valence-electron chi connectivity index (χ0n) is 19.5. The summed E-state index contributed by atoms with van der Waals surface area (Å²) in [6.45, 7) is 6.49. The van der Waals surface area contributed by atoms with Gasteiger partial charge in [-0.25, -0.2) is 0 Å². The van der Waals surface area contributed by atoms with E-state index in [2.05, 4.69) is 34.7 Å². The van der Waals surface area contributed by atoms with Crippen molar-refractivity contribution >= 4 is 35.0 Å². The number of carbonyl (C=O) groups excluding carboxylic acids is 2. The summed E-state index contributed by atoms with van der Waals surface area (Å²) in [6.07, 6.45) is -4.68. The minimum absolute atomic E-state index is 0.0417. The highest BCUT2D eigenvalue weighted by molar-refractivity contribution is 7.99. The lowest BCUT2D eigenvalue weighted by atomic mass is 10.0. The Hall–Kier alpha value is -3.34. The Morgan fingerprint density at radius 2 is 1.69 bits per heavy atom. The predicted molar refractivity (Wildman–Crippen MR) is 129 cm³/mol. The number of benzene rings is 2. The number of alkyl halides is 3. The molecule has 0 aliphatic rings. The average Bonchev–Trinajstić information content (AvgIpc) is 3.18. The van der Waals surface area contributed by atoms with Gasteiger partial charge in [0.25, 0.3) is 0 Å². The van der Waals surface area contributed by atoms with Gasteiger partial charge < -0.3 is 15.2 Å². The largest absolute Gasteiger partial charge is 0.416 e. The molecule has 3 aromatic rings.